The number of aromatic nitrogens is 1. The third-order valence-electron chi connectivity index (χ3n) is 1.61. The van der Waals surface area contributed by atoms with Crippen molar-refractivity contribution >= 4 is 44.5 Å². The number of hydrogen-bond acceptors (Lipinski definition) is 3. The van der Waals surface area contributed by atoms with Crippen LogP contribution < -0.4 is 4.74 Å². The van der Waals surface area contributed by atoms with Crippen molar-refractivity contribution in [2.75, 3.05) is 0 Å². The molecule has 17 heavy (non-hydrogen) atoms. The molecule has 0 aromatic carbocycles. The lowest BCUT2D eigenvalue weighted by Crippen LogP contribution is -2.20. The number of rotatable bonds is 3. The molecule has 0 fully saturated rings. The van der Waals surface area contributed by atoms with E-state index in [0.717, 1.165) is 6.20 Å². The minimum absolute atomic E-state index is 0.0707. The number of carboxylic acid groups (broad SMARTS) is 1. The minimum Gasteiger partial charge on any atom is -0.476 e. The first-order chi connectivity index (χ1) is 7.76. The summed E-state index contributed by atoms with van der Waals surface area (Å²) >= 11 is 4.43. The molecular weight excluding hydrogens is 422 g/mol. The number of hydrogen-bond donors (Lipinski definition) is 1. The Kier molecular flexibility index (Phi) is 4.58. The Bertz CT molecular complexity index is 452. The third kappa shape index (κ3) is 3.69. The van der Waals surface area contributed by atoms with Gasteiger partial charge >= 0.3 is 12.3 Å². The topological polar surface area (TPSA) is 59.4 Å². The second-order valence-electron chi connectivity index (χ2n) is 2.76. The molecule has 1 aromatic rings. The molecule has 0 unspecified atom stereocenters. The van der Waals surface area contributed by atoms with Gasteiger partial charge in [-0.2, -0.15) is 0 Å². The number of carbonyl (C=O) groups is 1. The summed E-state index contributed by atoms with van der Waals surface area (Å²) in [4.78, 5) is 14.3. The summed E-state index contributed by atoms with van der Waals surface area (Å²) in [6.45, 7) is 0. The molecule has 0 amide bonds. The van der Waals surface area contributed by atoms with Gasteiger partial charge in [0, 0.05) is 17.1 Å². The number of nitrogens with zero attached hydrogens (tertiary/aromatic N) is 1. The quantitative estimate of drug-likeness (QED) is 0.597. The highest BCUT2D eigenvalue weighted by Crippen LogP contribution is 2.33. The van der Waals surface area contributed by atoms with Gasteiger partial charge in [-0.1, -0.05) is 15.9 Å². The molecule has 0 atom stereocenters. The van der Waals surface area contributed by atoms with Crippen LogP contribution in [0.5, 0.6) is 5.75 Å². The van der Waals surface area contributed by atoms with Crippen molar-refractivity contribution in [3.63, 3.8) is 0 Å². The fraction of sp³-hybridized carbons (Fsp3) is 0.250. The Morgan fingerprint density at radius 1 is 1.59 bits per heavy atom. The molecule has 1 N–H and O–H groups in total. The number of carboxylic acids is 1. The Labute approximate surface area is 115 Å². The maximum atomic E-state index is 12.2. The summed E-state index contributed by atoms with van der Waals surface area (Å²) in [6, 6.07) is 0. The molecule has 0 aliphatic carbocycles. The normalized spacial score (nSPS) is 11.4. The molecular formula is C8H4BrF3INO3. The van der Waals surface area contributed by atoms with E-state index in [1.807, 2.05) is 0 Å². The summed E-state index contributed by atoms with van der Waals surface area (Å²) in [5, 5.41) is 8.81. The van der Waals surface area contributed by atoms with E-state index in [0.29, 0.717) is 0 Å². The molecule has 94 valence electrons. The van der Waals surface area contributed by atoms with Crippen molar-refractivity contribution in [1.82, 2.24) is 4.98 Å². The fourth-order valence-corrected chi connectivity index (χ4v) is 2.20. The summed E-state index contributed by atoms with van der Waals surface area (Å²) in [6.07, 6.45) is -3.85. The maximum Gasteiger partial charge on any atom is 0.573 e. The molecule has 1 heterocycles. The van der Waals surface area contributed by atoms with Crippen LogP contribution in [0.2, 0.25) is 0 Å². The lowest BCUT2D eigenvalue weighted by atomic mass is 10.2. The smallest absolute Gasteiger partial charge is 0.476 e. The van der Waals surface area contributed by atoms with Crippen molar-refractivity contribution in [2.24, 2.45) is 0 Å². The standard InChI is InChI=1S/C8H4BrF3INO3/c9-1-3-2-14-5(7(15)16)4(13)6(3)17-8(10,11)12/h2H,1H2,(H,15,16). The Balaban J connectivity index is 3.32. The molecule has 1 rings (SSSR count). The largest absolute Gasteiger partial charge is 0.573 e. The van der Waals surface area contributed by atoms with Crippen LogP contribution >= 0.6 is 38.5 Å². The van der Waals surface area contributed by atoms with E-state index in [2.05, 4.69) is 25.7 Å². The zero-order valence-electron chi connectivity index (χ0n) is 7.89. The summed E-state index contributed by atoms with van der Waals surface area (Å²) in [5.74, 6) is -1.95. The van der Waals surface area contributed by atoms with Crippen LogP contribution in [0.3, 0.4) is 0 Å². The highest BCUT2D eigenvalue weighted by molar-refractivity contribution is 14.1. The van der Waals surface area contributed by atoms with Gasteiger partial charge in [-0.05, 0) is 22.6 Å². The molecule has 0 saturated carbocycles. The van der Waals surface area contributed by atoms with E-state index in [1.54, 1.807) is 0 Å². The van der Waals surface area contributed by atoms with Crippen molar-refractivity contribution < 1.29 is 27.8 Å². The molecule has 1 aromatic heterocycles. The molecule has 0 spiro atoms. The summed E-state index contributed by atoms with van der Waals surface area (Å²) < 4.78 is 40.1. The first-order valence-electron chi connectivity index (χ1n) is 3.98. The molecule has 0 aliphatic rings. The van der Waals surface area contributed by atoms with Crippen LogP contribution in [0.15, 0.2) is 6.20 Å². The van der Waals surface area contributed by atoms with Crippen molar-refractivity contribution in [1.29, 1.82) is 0 Å². The maximum absolute atomic E-state index is 12.2. The molecule has 4 nitrogen and oxygen atoms in total. The minimum atomic E-state index is -4.88. The van der Waals surface area contributed by atoms with Gasteiger partial charge < -0.3 is 9.84 Å². The van der Waals surface area contributed by atoms with E-state index in [4.69, 9.17) is 5.11 Å². The first kappa shape index (κ1) is 14.5. The molecule has 0 radical (unpaired) electrons. The van der Waals surface area contributed by atoms with Gasteiger partial charge in [0.1, 0.15) is 0 Å². The second-order valence-corrected chi connectivity index (χ2v) is 4.40. The van der Waals surface area contributed by atoms with Crippen LogP contribution in [-0.4, -0.2) is 22.4 Å². The van der Waals surface area contributed by atoms with Gasteiger partial charge in [0.25, 0.3) is 0 Å². The Hall–Kier alpha value is -0.580. The Morgan fingerprint density at radius 3 is 2.59 bits per heavy atom. The van der Waals surface area contributed by atoms with E-state index in [9.17, 15) is 18.0 Å². The van der Waals surface area contributed by atoms with Gasteiger partial charge in [0.2, 0.25) is 0 Å². The highest BCUT2D eigenvalue weighted by atomic mass is 127. The van der Waals surface area contributed by atoms with E-state index < -0.39 is 23.8 Å². The molecule has 9 heteroatoms. The van der Waals surface area contributed by atoms with Crippen molar-refractivity contribution in [3.8, 4) is 5.75 Å². The highest BCUT2D eigenvalue weighted by Gasteiger charge is 2.34. The lowest BCUT2D eigenvalue weighted by Gasteiger charge is -2.14. The fourth-order valence-electron chi connectivity index (χ4n) is 0.977. The van der Waals surface area contributed by atoms with Crippen LogP contribution in [0.4, 0.5) is 13.2 Å². The van der Waals surface area contributed by atoms with Gasteiger partial charge in [0.05, 0.1) is 3.57 Å². The van der Waals surface area contributed by atoms with Gasteiger partial charge in [0.15, 0.2) is 11.4 Å². The van der Waals surface area contributed by atoms with Crippen LogP contribution in [0.1, 0.15) is 16.1 Å². The van der Waals surface area contributed by atoms with Crippen LogP contribution in [0, 0.1) is 3.57 Å². The average molecular weight is 426 g/mol. The summed E-state index contributed by atoms with van der Waals surface area (Å²) in [5.41, 5.74) is -0.355. The van der Waals surface area contributed by atoms with E-state index in [-0.39, 0.29) is 14.5 Å². The molecule has 0 bridgehead atoms. The van der Waals surface area contributed by atoms with E-state index in [1.165, 1.54) is 22.6 Å². The SMILES string of the molecule is O=C(O)c1ncc(CBr)c(OC(F)(F)F)c1I. The van der Waals surface area contributed by atoms with Crippen molar-refractivity contribution in [2.45, 2.75) is 11.7 Å². The number of alkyl halides is 4. The zero-order chi connectivity index (χ0) is 13.2. The molecule has 0 saturated heterocycles. The van der Waals surface area contributed by atoms with Crippen LogP contribution in [0.25, 0.3) is 0 Å². The van der Waals surface area contributed by atoms with Gasteiger partial charge in [-0.15, -0.1) is 13.2 Å². The van der Waals surface area contributed by atoms with Gasteiger partial charge in [-0.3, -0.25) is 0 Å². The third-order valence-corrected chi connectivity index (χ3v) is 3.22. The average Bonchev–Trinajstić information content (AvgIpc) is 2.18. The first-order valence-corrected chi connectivity index (χ1v) is 6.18. The van der Waals surface area contributed by atoms with Gasteiger partial charge in [-0.25, -0.2) is 9.78 Å². The summed E-state index contributed by atoms with van der Waals surface area (Å²) in [7, 11) is 0. The van der Waals surface area contributed by atoms with Crippen molar-refractivity contribution in [3.05, 3.63) is 21.0 Å². The van der Waals surface area contributed by atoms with E-state index >= 15 is 0 Å². The predicted molar refractivity (Wildman–Crippen MR) is 63.2 cm³/mol. The second kappa shape index (κ2) is 5.38. The molecule has 0 aliphatic heterocycles. The monoisotopic (exact) mass is 425 g/mol. The lowest BCUT2D eigenvalue weighted by molar-refractivity contribution is -0.275. The number of aromatic carboxylic acids is 1. The number of pyridine rings is 1. The predicted octanol–water partition coefficient (Wildman–Crippen LogP) is 3.18. The number of halogens is 5. The number of ether oxygens (including phenoxy) is 1. The Morgan fingerprint density at radius 2 is 2.18 bits per heavy atom. The van der Waals surface area contributed by atoms with Crippen LogP contribution in [-0.2, 0) is 5.33 Å². The zero-order valence-corrected chi connectivity index (χ0v) is 11.6.